The maximum atomic E-state index is 5.45. The molecule has 0 saturated heterocycles. The fraction of sp³-hybridized carbons (Fsp3) is 0.455. The zero-order chi connectivity index (χ0) is 9.90. The van der Waals surface area contributed by atoms with E-state index in [4.69, 9.17) is 7.98 Å². The van der Waals surface area contributed by atoms with Gasteiger partial charge in [-0.2, -0.15) is 0 Å². The van der Waals surface area contributed by atoms with E-state index in [2.05, 4.69) is 50.3 Å². The topological polar surface area (TPSA) is 12.0 Å². The quantitative estimate of drug-likeness (QED) is 0.689. The van der Waals surface area contributed by atoms with Crippen LogP contribution in [-0.2, 0) is 5.41 Å². The van der Waals surface area contributed by atoms with Crippen LogP contribution in [-0.4, -0.2) is 14.0 Å². The lowest BCUT2D eigenvalue weighted by atomic mass is 9.78. The Kier molecular flexibility index (Phi) is 3.15. The van der Waals surface area contributed by atoms with Gasteiger partial charge in [-0.25, -0.2) is 0 Å². The van der Waals surface area contributed by atoms with Gasteiger partial charge in [0.25, 0.3) is 0 Å². The van der Waals surface area contributed by atoms with Gasteiger partial charge >= 0.3 is 0 Å². The van der Waals surface area contributed by atoms with Crippen LogP contribution in [0, 0.1) is 0 Å². The molecule has 2 heteroatoms. The fourth-order valence-corrected chi connectivity index (χ4v) is 1.33. The summed E-state index contributed by atoms with van der Waals surface area (Å²) >= 11 is 0. The number of nitrogens with one attached hydrogen (secondary N) is 1. The van der Waals surface area contributed by atoms with E-state index in [-0.39, 0.29) is 11.5 Å². The van der Waals surface area contributed by atoms with E-state index in [0.29, 0.717) is 0 Å². The molecular formula is C11H16BN. The van der Waals surface area contributed by atoms with E-state index >= 15 is 0 Å². The second-order valence-corrected chi connectivity index (χ2v) is 3.98. The second kappa shape index (κ2) is 3.97. The third-order valence-corrected chi connectivity index (χ3v) is 2.85. The zero-order valence-corrected chi connectivity index (χ0v) is 8.54. The summed E-state index contributed by atoms with van der Waals surface area (Å²) < 4.78 is 0. The smallest absolute Gasteiger partial charge is 0.178 e. The van der Waals surface area contributed by atoms with Crippen LogP contribution in [0.25, 0.3) is 0 Å². The first kappa shape index (κ1) is 10.3. The highest BCUT2D eigenvalue weighted by Gasteiger charge is 2.25. The molecule has 68 valence electrons. The van der Waals surface area contributed by atoms with Crippen molar-refractivity contribution in [2.24, 2.45) is 0 Å². The van der Waals surface area contributed by atoms with Crippen LogP contribution in [0.3, 0.4) is 0 Å². The fourth-order valence-electron chi connectivity index (χ4n) is 1.33. The van der Waals surface area contributed by atoms with Gasteiger partial charge in [-0.05, 0) is 12.5 Å². The van der Waals surface area contributed by atoms with E-state index in [1.54, 1.807) is 0 Å². The van der Waals surface area contributed by atoms with E-state index in [1.807, 2.05) is 6.07 Å². The summed E-state index contributed by atoms with van der Waals surface area (Å²) in [5.74, 6) is 0. The Labute approximate surface area is 82.0 Å². The van der Waals surface area contributed by atoms with Crippen molar-refractivity contribution >= 4 is 7.98 Å². The van der Waals surface area contributed by atoms with Gasteiger partial charge in [0.05, 0.1) is 0 Å². The van der Waals surface area contributed by atoms with Crippen LogP contribution >= 0.6 is 0 Å². The average molecular weight is 173 g/mol. The van der Waals surface area contributed by atoms with Gasteiger partial charge in [-0.1, -0.05) is 44.2 Å². The van der Waals surface area contributed by atoms with Crippen LogP contribution in [0.5, 0.6) is 0 Å². The summed E-state index contributed by atoms with van der Waals surface area (Å²) in [6.07, 6.45) is 0. The standard InChI is InChI=1S/C11H16BN/c1-9(13-12)11(2,3)10-7-5-4-6-8-10/h4-9,13H,1-3H3. The molecule has 1 N–H and O–H groups in total. The van der Waals surface area contributed by atoms with Crippen molar-refractivity contribution in [1.82, 2.24) is 5.23 Å². The first-order valence-electron chi connectivity index (χ1n) is 4.60. The summed E-state index contributed by atoms with van der Waals surface area (Å²) in [7, 11) is 5.45. The van der Waals surface area contributed by atoms with Crippen molar-refractivity contribution in [2.75, 3.05) is 0 Å². The van der Waals surface area contributed by atoms with Crippen molar-refractivity contribution < 1.29 is 0 Å². The lowest BCUT2D eigenvalue weighted by Crippen LogP contribution is -2.41. The third kappa shape index (κ3) is 2.13. The van der Waals surface area contributed by atoms with Gasteiger partial charge in [0, 0.05) is 11.5 Å². The van der Waals surface area contributed by atoms with Crippen LogP contribution in [0.1, 0.15) is 26.3 Å². The first-order valence-corrected chi connectivity index (χ1v) is 4.60. The molecule has 1 rings (SSSR count). The minimum atomic E-state index is 0.0655. The largest absolute Gasteiger partial charge is 0.363 e. The molecule has 0 heterocycles. The number of hydrogen-bond acceptors (Lipinski definition) is 1. The molecule has 1 atom stereocenters. The second-order valence-electron chi connectivity index (χ2n) is 3.98. The molecule has 0 aliphatic carbocycles. The van der Waals surface area contributed by atoms with Gasteiger partial charge in [-0.15, -0.1) is 0 Å². The Morgan fingerprint density at radius 1 is 1.23 bits per heavy atom. The summed E-state index contributed by atoms with van der Waals surface area (Å²) in [6, 6.07) is 10.7. The average Bonchev–Trinajstić information content (AvgIpc) is 2.18. The van der Waals surface area contributed by atoms with Gasteiger partial charge in [-0.3, -0.25) is 0 Å². The molecule has 1 aromatic rings. The molecule has 2 radical (unpaired) electrons. The third-order valence-electron chi connectivity index (χ3n) is 2.85. The Bertz CT molecular complexity index is 256. The minimum absolute atomic E-state index is 0.0655. The summed E-state index contributed by atoms with van der Waals surface area (Å²) in [6.45, 7) is 6.46. The molecule has 0 spiro atoms. The number of hydrogen-bond donors (Lipinski definition) is 1. The molecular weight excluding hydrogens is 157 g/mol. The number of benzene rings is 1. The predicted molar refractivity (Wildman–Crippen MR) is 57.8 cm³/mol. The lowest BCUT2D eigenvalue weighted by Gasteiger charge is -2.32. The number of rotatable bonds is 3. The maximum Gasteiger partial charge on any atom is 0.178 e. The van der Waals surface area contributed by atoms with Gasteiger partial charge < -0.3 is 5.23 Å². The molecule has 0 aliphatic heterocycles. The van der Waals surface area contributed by atoms with Crippen molar-refractivity contribution in [2.45, 2.75) is 32.2 Å². The highest BCUT2D eigenvalue weighted by Crippen LogP contribution is 2.26. The Morgan fingerprint density at radius 3 is 2.23 bits per heavy atom. The molecule has 13 heavy (non-hydrogen) atoms. The zero-order valence-electron chi connectivity index (χ0n) is 8.54. The summed E-state index contributed by atoms with van der Waals surface area (Å²) in [5.41, 5.74) is 1.37. The maximum absolute atomic E-state index is 5.45. The first-order chi connectivity index (χ1) is 6.09. The SMILES string of the molecule is [B]NC(C)C(C)(C)c1ccccc1. The molecule has 0 amide bonds. The molecule has 0 fully saturated rings. The molecule has 0 bridgehead atoms. The summed E-state index contributed by atoms with van der Waals surface area (Å²) in [5, 5.41) is 2.80. The van der Waals surface area contributed by atoms with E-state index in [9.17, 15) is 0 Å². The lowest BCUT2D eigenvalue weighted by molar-refractivity contribution is 0.411. The molecule has 1 aromatic carbocycles. The summed E-state index contributed by atoms with van der Waals surface area (Å²) in [4.78, 5) is 0. The molecule has 0 saturated carbocycles. The Morgan fingerprint density at radius 2 is 1.77 bits per heavy atom. The van der Waals surface area contributed by atoms with Crippen LogP contribution in [0.2, 0.25) is 0 Å². The molecule has 1 nitrogen and oxygen atoms in total. The minimum Gasteiger partial charge on any atom is -0.363 e. The van der Waals surface area contributed by atoms with E-state index < -0.39 is 0 Å². The van der Waals surface area contributed by atoms with E-state index in [1.165, 1.54) is 5.56 Å². The van der Waals surface area contributed by atoms with Gasteiger partial charge in [0.15, 0.2) is 7.98 Å². The highest BCUT2D eigenvalue weighted by molar-refractivity contribution is 6.04. The Hall–Kier alpha value is -0.755. The van der Waals surface area contributed by atoms with Crippen molar-refractivity contribution in [3.8, 4) is 0 Å². The van der Waals surface area contributed by atoms with Gasteiger partial charge in [0.1, 0.15) is 0 Å². The van der Waals surface area contributed by atoms with Crippen LogP contribution < -0.4 is 5.23 Å². The van der Waals surface area contributed by atoms with Gasteiger partial charge in [0.2, 0.25) is 0 Å². The molecule has 1 unspecified atom stereocenters. The predicted octanol–water partition coefficient (Wildman–Crippen LogP) is 2.03. The highest BCUT2D eigenvalue weighted by atomic mass is 14.8. The monoisotopic (exact) mass is 173 g/mol. The molecule has 0 aromatic heterocycles. The van der Waals surface area contributed by atoms with Crippen molar-refractivity contribution in [1.29, 1.82) is 0 Å². The van der Waals surface area contributed by atoms with Crippen LogP contribution in [0.4, 0.5) is 0 Å². The Balaban J connectivity index is 2.93. The normalized spacial score (nSPS) is 14.1. The molecule has 0 aliphatic rings. The van der Waals surface area contributed by atoms with Crippen LogP contribution in [0.15, 0.2) is 30.3 Å². The van der Waals surface area contributed by atoms with Crippen molar-refractivity contribution in [3.05, 3.63) is 35.9 Å². The van der Waals surface area contributed by atoms with E-state index in [0.717, 1.165) is 0 Å². The van der Waals surface area contributed by atoms with Crippen molar-refractivity contribution in [3.63, 3.8) is 0 Å².